The summed E-state index contributed by atoms with van der Waals surface area (Å²) >= 11 is 0. The van der Waals surface area contributed by atoms with Crippen LogP contribution in [0.25, 0.3) is 0 Å². The second kappa shape index (κ2) is 8.86. The summed E-state index contributed by atoms with van der Waals surface area (Å²) < 4.78 is 5.20. The quantitative estimate of drug-likeness (QED) is 0.732. The number of hydrogen-bond acceptors (Lipinski definition) is 5. The van der Waals surface area contributed by atoms with Crippen molar-refractivity contribution < 1.29 is 14.1 Å². The predicted molar refractivity (Wildman–Crippen MR) is 110 cm³/mol. The second-order valence-corrected chi connectivity index (χ2v) is 8.95. The molecule has 0 radical (unpaired) electrons. The maximum absolute atomic E-state index is 13.2. The lowest BCUT2D eigenvalue weighted by molar-refractivity contribution is -0.141. The number of hydrogen-bond donors (Lipinski definition) is 0. The molecule has 1 unspecified atom stereocenters. The van der Waals surface area contributed by atoms with Crippen LogP contribution in [-0.2, 0) is 4.79 Å². The minimum Gasteiger partial charge on any atom is -0.361 e. The lowest BCUT2D eigenvalue weighted by atomic mass is 9.83. The van der Waals surface area contributed by atoms with E-state index < -0.39 is 0 Å². The minimum absolute atomic E-state index is 0.0125. The molecule has 4 rings (SSSR count). The highest BCUT2D eigenvalue weighted by molar-refractivity contribution is 5.96. The predicted octanol–water partition coefficient (Wildman–Crippen LogP) is 2.62. The van der Waals surface area contributed by atoms with Crippen LogP contribution in [0, 0.1) is 19.8 Å². The maximum Gasteiger partial charge on any atom is 0.259 e. The molecule has 7 heteroatoms. The highest BCUT2D eigenvalue weighted by atomic mass is 16.5. The average molecular weight is 403 g/mol. The van der Waals surface area contributed by atoms with Crippen LogP contribution < -0.4 is 0 Å². The van der Waals surface area contributed by atoms with Gasteiger partial charge in [0.2, 0.25) is 5.91 Å². The topological polar surface area (TPSA) is 69.9 Å². The van der Waals surface area contributed by atoms with Gasteiger partial charge in [-0.15, -0.1) is 0 Å². The van der Waals surface area contributed by atoms with Gasteiger partial charge in [0.1, 0.15) is 11.3 Å². The van der Waals surface area contributed by atoms with Crippen molar-refractivity contribution in [2.24, 2.45) is 5.92 Å². The summed E-state index contributed by atoms with van der Waals surface area (Å²) in [5.74, 6) is 1.07. The molecule has 1 atom stereocenters. The molecule has 160 valence electrons. The van der Waals surface area contributed by atoms with Gasteiger partial charge in [0.05, 0.1) is 5.69 Å². The Hall–Kier alpha value is -1.89. The summed E-state index contributed by atoms with van der Waals surface area (Å²) in [6.45, 7) is 8.97. The summed E-state index contributed by atoms with van der Waals surface area (Å²) in [5, 5.41) is 3.94. The van der Waals surface area contributed by atoms with Crippen LogP contribution in [0.15, 0.2) is 4.52 Å². The number of amides is 2. The molecule has 3 heterocycles. The number of aryl methyl sites for hydroxylation is 2. The molecule has 29 heavy (non-hydrogen) atoms. The molecule has 1 saturated carbocycles. The van der Waals surface area contributed by atoms with Crippen molar-refractivity contribution >= 4 is 11.8 Å². The van der Waals surface area contributed by atoms with Crippen molar-refractivity contribution in [3.05, 3.63) is 17.0 Å². The largest absolute Gasteiger partial charge is 0.361 e. The fourth-order valence-corrected chi connectivity index (χ4v) is 4.96. The van der Waals surface area contributed by atoms with Crippen molar-refractivity contribution in [1.29, 1.82) is 0 Å². The van der Waals surface area contributed by atoms with Crippen LogP contribution in [0.2, 0.25) is 0 Å². The van der Waals surface area contributed by atoms with Crippen molar-refractivity contribution in [2.45, 2.75) is 64.8 Å². The Labute approximate surface area is 173 Å². The summed E-state index contributed by atoms with van der Waals surface area (Å²) in [4.78, 5) is 32.8. The molecular weight excluding hydrogens is 368 g/mol. The van der Waals surface area contributed by atoms with E-state index in [-0.39, 0.29) is 17.9 Å². The van der Waals surface area contributed by atoms with Gasteiger partial charge in [0.25, 0.3) is 5.91 Å². The molecular formula is C22H34N4O3. The number of rotatable bonds is 6. The van der Waals surface area contributed by atoms with Crippen LogP contribution >= 0.6 is 0 Å². The molecule has 2 saturated heterocycles. The van der Waals surface area contributed by atoms with Crippen molar-refractivity contribution in [1.82, 2.24) is 19.9 Å². The number of nitrogens with zero attached hydrogens (tertiary/aromatic N) is 4. The molecule has 3 aliphatic rings. The zero-order valence-electron chi connectivity index (χ0n) is 17.9. The van der Waals surface area contributed by atoms with Crippen molar-refractivity contribution in [3.63, 3.8) is 0 Å². The summed E-state index contributed by atoms with van der Waals surface area (Å²) in [6, 6.07) is 0.115. The van der Waals surface area contributed by atoms with E-state index in [1.807, 2.05) is 11.8 Å². The first-order valence-corrected chi connectivity index (χ1v) is 11.3. The van der Waals surface area contributed by atoms with Gasteiger partial charge in [0, 0.05) is 38.1 Å². The first kappa shape index (κ1) is 20.4. The maximum atomic E-state index is 13.2. The van der Waals surface area contributed by atoms with Crippen LogP contribution in [0.4, 0.5) is 0 Å². The lowest BCUT2D eigenvalue weighted by Gasteiger charge is -2.42. The number of carbonyl (C=O) groups is 2. The van der Waals surface area contributed by atoms with Crippen molar-refractivity contribution in [3.8, 4) is 0 Å². The summed E-state index contributed by atoms with van der Waals surface area (Å²) in [7, 11) is 0. The molecule has 0 N–H and O–H groups in total. The Morgan fingerprint density at radius 1 is 1.07 bits per heavy atom. The molecule has 0 aromatic carbocycles. The Morgan fingerprint density at radius 3 is 2.45 bits per heavy atom. The molecule has 1 aliphatic carbocycles. The van der Waals surface area contributed by atoms with Gasteiger partial charge >= 0.3 is 0 Å². The first-order valence-electron chi connectivity index (χ1n) is 11.3. The Morgan fingerprint density at radius 2 is 1.83 bits per heavy atom. The Balaban J connectivity index is 1.45. The van der Waals surface area contributed by atoms with Crippen LogP contribution in [0.1, 0.15) is 66.8 Å². The summed E-state index contributed by atoms with van der Waals surface area (Å²) in [5.41, 5.74) is 1.23. The fraction of sp³-hybridized carbons (Fsp3) is 0.773. The first-order chi connectivity index (χ1) is 14.0. The molecule has 3 fully saturated rings. The number of likely N-dealkylation sites (tertiary alicyclic amines) is 2. The lowest BCUT2D eigenvalue weighted by Crippen LogP contribution is -2.55. The highest BCUT2D eigenvalue weighted by Crippen LogP contribution is 2.30. The van der Waals surface area contributed by atoms with Gasteiger partial charge in [-0.3, -0.25) is 9.59 Å². The van der Waals surface area contributed by atoms with E-state index in [1.54, 1.807) is 6.92 Å². The molecule has 2 amide bonds. The molecule has 7 nitrogen and oxygen atoms in total. The van der Waals surface area contributed by atoms with E-state index in [1.165, 1.54) is 12.8 Å². The van der Waals surface area contributed by atoms with E-state index in [0.717, 1.165) is 64.8 Å². The zero-order chi connectivity index (χ0) is 20.4. The molecule has 1 aromatic heterocycles. The Kier molecular flexibility index (Phi) is 6.23. The van der Waals surface area contributed by atoms with Crippen LogP contribution in [0.3, 0.4) is 0 Å². The van der Waals surface area contributed by atoms with Gasteiger partial charge in [0.15, 0.2) is 0 Å². The molecule has 2 aliphatic heterocycles. The van der Waals surface area contributed by atoms with Crippen molar-refractivity contribution in [2.75, 3.05) is 39.3 Å². The smallest absolute Gasteiger partial charge is 0.259 e. The number of carbonyl (C=O) groups excluding carboxylic acids is 2. The van der Waals surface area contributed by atoms with E-state index in [2.05, 4.69) is 15.0 Å². The number of aromatic nitrogens is 1. The third-order valence-corrected chi connectivity index (χ3v) is 6.97. The molecule has 0 bridgehead atoms. The standard InChI is InChI=1S/C22H34N4O3/c1-16-20(17(2)29-23-16)22(28)25-12-6-9-19(15-25)26(21(27)18-7-5-8-18)14-13-24-10-3-4-11-24/h18-19H,3-15H2,1-2H3. The van der Waals surface area contributed by atoms with Crippen LogP contribution in [-0.4, -0.2) is 77.0 Å². The molecule has 1 aromatic rings. The van der Waals surface area contributed by atoms with Gasteiger partial charge in [-0.05, 0) is 65.5 Å². The monoisotopic (exact) mass is 402 g/mol. The Bertz CT molecular complexity index is 717. The second-order valence-electron chi connectivity index (χ2n) is 8.95. The van der Waals surface area contributed by atoms with Gasteiger partial charge in [-0.1, -0.05) is 11.6 Å². The minimum atomic E-state index is -0.0125. The third kappa shape index (κ3) is 4.34. The highest BCUT2D eigenvalue weighted by Gasteiger charge is 2.36. The third-order valence-electron chi connectivity index (χ3n) is 6.97. The normalized spacial score (nSPS) is 23.2. The average Bonchev–Trinajstić information content (AvgIpc) is 3.30. The fourth-order valence-electron chi connectivity index (χ4n) is 4.96. The van der Waals surface area contributed by atoms with E-state index in [0.29, 0.717) is 29.5 Å². The molecule has 0 spiro atoms. The summed E-state index contributed by atoms with van der Waals surface area (Å²) in [6.07, 6.45) is 7.64. The van der Waals surface area contributed by atoms with E-state index >= 15 is 0 Å². The zero-order valence-corrected chi connectivity index (χ0v) is 17.9. The van der Waals surface area contributed by atoms with Gasteiger partial charge in [-0.2, -0.15) is 0 Å². The van der Waals surface area contributed by atoms with E-state index in [4.69, 9.17) is 4.52 Å². The van der Waals surface area contributed by atoms with Gasteiger partial charge in [-0.25, -0.2) is 0 Å². The van der Waals surface area contributed by atoms with Crippen LogP contribution in [0.5, 0.6) is 0 Å². The van der Waals surface area contributed by atoms with E-state index in [9.17, 15) is 9.59 Å². The SMILES string of the molecule is Cc1noc(C)c1C(=O)N1CCCC(N(CCN2CCCC2)C(=O)C2CCC2)C1. The number of piperidine rings is 1. The van der Waals surface area contributed by atoms with Gasteiger partial charge < -0.3 is 19.2 Å².